The highest BCUT2D eigenvalue weighted by Gasteiger charge is 2.39. The van der Waals surface area contributed by atoms with Gasteiger partial charge in [0.2, 0.25) is 0 Å². The molecule has 1 atom stereocenters. The van der Waals surface area contributed by atoms with Crippen molar-refractivity contribution < 1.29 is 13.2 Å². The van der Waals surface area contributed by atoms with Gasteiger partial charge >= 0.3 is 0 Å². The van der Waals surface area contributed by atoms with E-state index in [0.717, 1.165) is 0 Å². The molecular formula is C10H12ClN3O3S. The van der Waals surface area contributed by atoms with Crippen LogP contribution in [0.2, 0.25) is 5.15 Å². The first kappa shape index (κ1) is 13.2. The number of rotatable bonds is 2. The lowest BCUT2D eigenvalue weighted by molar-refractivity contribution is 0.0910. The molecule has 1 fully saturated rings. The van der Waals surface area contributed by atoms with E-state index in [2.05, 4.69) is 15.3 Å². The zero-order valence-corrected chi connectivity index (χ0v) is 11.3. The van der Waals surface area contributed by atoms with Crippen LogP contribution in [0.1, 0.15) is 23.8 Å². The van der Waals surface area contributed by atoms with Gasteiger partial charge in [-0.15, -0.1) is 0 Å². The van der Waals surface area contributed by atoms with Crippen LogP contribution in [-0.4, -0.2) is 41.3 Å². The maximum Gasteiger partial charge on any atom is 0.271 e. The molecule has 1 aromatic rings. The molecule has 0 radical (unpaired) electrons. The molecule has 1 amide bonds. The van der Waals surface area contributed by atoms with E-state index in [1.165, 1.54) is 12.4 Å². The minimum Gasteiger partial charge on any atom is -0.344 e. The van der Waals surface area contributed by atoms with Crippen molar-refractivity contribution in [2.75, 3.05) is 11.5 Å². The number of carbonyl (C=O) groups excluding carboxylic acids is 1. The molecule has 0 saturated carbocycles. The van der Waals surface area contributed by atoms with Gasteiger partial charge in [-0.25, -0.2) is 13.4 Å². The van der Waals surface area contributed by atoms with E-state index in [1.807, 2.05) is 0 Å². The Morgan fingerprint density at radius 1 is 1.50 bits per heavy atom. The fourth-order valence-electron chi connectivity index (χ4n) is 1.90. The Bertz CT molecular complexity index is 590. The summed E-state index contributed by atoms with van der Waals surface area (Å²) in [4.78, 5) is 19.5. The third-order valence-corrected chi connectivity index (χ3v) is 4.84. The Kier molecular flexibility index (Phi) is 3.29. The summed E-state index contributed by atoms with van der Waals surface area (Å²) in [6, 6.07) is 0. The Balaban J connectivity index is 2.13. The van der Waals surface area contributed by atoms with Crippen molar-refractivity contribution in [1.82, 2.24) is 15.3 Å². The number of sulfone groups is 1. The highest BCUT2D eigenvalue weighted by molar-refractivity contribution is 7.91. The van der Waals surface area contributed by atoms with Gasteiger partial charge in [0.05, 0.1) is 29.4 Å². The molecule has 0 spiro atoms. The SMILES string of the molecule is CC1(NC(=O)c2cncc(Cl)n2)CCS(=O)(=O)C1. The molecule has 1 N–H and O–H groups in total. The van der Waals surface area contributed by atoms with Crippen molar-refractivity contribution in [3.63, 3.8) is 0 Å². The number of carbonyl (C=O) groups is 1. The molecule has 2 rings (SSSR count). The number of hydrogen-bond donors (Lipinski definition) is 1. The number of nitrogens with one attached hydrogen (secondary N) is 1. The Morgan fingerprint density at radius 2 is 2.22 bits per heavy atom. The fourth-order valence-corrected chi connectivity index (χ4v) is 4.14. The first-order chi connectivity index (χ1) is 8.30. The van der Waals surface area contributed by atoms with Gasteiger partial charge in [0, 0.05) is 0 Å². The minimum absolute atomic E-state index is 0.0558. The van der Waals surface area contributed by atoms with Gasteiger partial charge in [-0.3, -0.25) is 9.78 Å². The number of amides is 1. The van der Waals surface area contributed by atoms with Crippen molar-refractivity contribution in [2.45, 2.75) is 18.9 Å². The van der Waals surface area contributed by atoms with Gasteiger partial charge in [-0.1, -0.05) is 11.6 Å². The van der Waals surface area contributed by atoms with Crippen LogP contribution in [0.5, 0.6) is 0 Å². The lowest BCUT2D eigenvalue weighted by Gasteiger charge is -2.23. The Hall–Kier alpha value is -1.21. The summed E-state index contributed by atoms with van der Waals surface area (Å²) in [6.07, 6.45) is 3.00. The summed E-state index contributed by atoms with van der Waals surface area (Å²) in [5.74, 6) is -0.435. The maximum absolute atomic E-state index is 11.9. The predicted molar refractivity (Wildman–Crippen MR) is 66.2 cm³/mol. The van der Waals surface area contributed by atoms with E-state index >= 15 is 0 Å². The lowest BCUT2D eigenvalue weighted by atomic mass is 10.0. The predicted octanol–water partition coefficient (Wildman–Crippen LogP) is 0.437. The van der Waals surface area contributed by atoms with E-state index < -0.39 is 21.3 Å². The highest BCUT2D eigenvalue weighted by atomic mass is 35.5. The van der Waals surface area contributed by atoms with E-state index in [-0.39, 0.29) is 22.4 Å². The van der Waals surface area contributed by atoms with Crippen molar-refractivity contribution in [3.8, 4) is 0 Å². The van der Waals surface area contributed by atoms with E-state index in [4.69, 9.17) is 11.6 Å². The van der Waals surface area contributed by atoms with Crippen LogP contribution in [-0.2, 0) is 9.84 Å². The van der Waals surface area contributed by atoms with E-state index in [0.29, 0.717) is 6.42 Å². The molecule has 1 saturated heterocycles. The molecule has 1 aliphatic heterocycles. The van der Waals surface area contributed by atoms with Gasteiger partial charge in [0.15, 0.2) is 9.84 Å². The largest absolute Gasteiger partial charge is 0.344 e. The summed E-state index contributed by atoms with van der Waals surface area (Å²) >= 11 is 5.64. The molecule has 2 heterocycles. The molecule has 8 heteroatoms. The van der Waals surface area contributed by atoms with Gasteiger partial charge in [0.1, 0.15) is 10.8 Å². The summed E-state index contributed by atoms with van der Waals surface area (Å²) in [6.45, 7) is 1.70. The molecule has 1 aliphatic rings. The quantitative estimate of drug-likeness (QED) is 0.853. The first-order valence-corrected chi connectivity index (χ1v) is 7.50. The molecule has 98 valence electrons. The van der Waals surface area contributed by atoms with Crippen molar-refractivity contribution in [3.05, 3.63) is 23.2 Å². The highest BCUT2D eigenvalue weighted by Crippen LogP contribution is 2.23. The minimum atomic E-state index is -3.07. The second-order valence-electron chi connectivity index (χ2n) is 4.58. The monoisotopic (exact) mass is 289 g/mol. The summed E-state index contributed by atoms with van der Waals surface area (Å²) < 4.78 is 22.8. The summed E-state index contributed by atoms with van der Waals surface area (Å²) in [5.41, 5.74) is -0.673. The van der Waals surface area contributed by atoms with Crippen LogP contribution in [0.25, 0.3) is 0 Å². The Labute approximate surface area is 110 Å². The summed E-state index contributed by atoms with van der Waals surface area (Å²) in [5, 5.41) is 2.79. The van der Waals surface area contributed by atoms with Gasteiger partial charge in [-0.2, -0.15) is 0 Å². The molecule has 0 aliphatic carbocycles. The molecule has 18 heavy (non-hydrogen) atoms. The van der Waals surface area contributed by atoms with Gasteiger partial charge < -0.3 is 5.32 Å². The van der Waals surface area contributed by atoms with Crippen molar-refractivity contribution in [2.24, 2.45) is 0 Å². The first-order valence-electron chi connectivity index (χ1n) is 5.30. The number of hydrogen-bond acceptors (Lipinski definition) is 5. The van der Waals surface area contributed by atoms with Crippen molar-refractivity contribution in [1.29, 1.82) is 0 Å². The lowest BCUT2D eigenvalue weighted by Crippen LogP contribution is -2.47. The van der Waals surface area contributed by atoms with Crippen LogP contribution < -0.4 is 5.32 Å². The normalized spacial score (nSPS) is 25.9. The molecule has 6 nitrogen and oxygen atoms in total. The molecule has 1 aromatic heterocycles. The van der Waals surface area contributed by atoms with E-state index in [9.17, 15) is 13.2 Å². The van der Waals surface area contributed by atoms with Gasteiger partial charge in [-0.05, 0) is 13.3 Å². The fraction of sp³-hybridized carbons (Fsp3) is 0.500. The number of aromatic nitrogens is 2. The smallest absolute Gasteiger partial charge is 0.271 e. The summed E-state index contributed by atoms with van der Waals surface area (Å²) in [7, 11) is -3.07. The van der Waals surface area contributed by atoms with Crippen LogP contribution in [0.4, 0.5) is 0 Å². The second-order valence-corrected chi connectivity index (χ2v) is 7.16. The zero-order chi connectivity index (χ0) is 13.4. The molecule has 1 unspecified atom stereocenters. The van der Waals surface area contributed by atoms with Gasteiger partial charge in [0.25, 0.3) is 5.91 Å². The topological polar surface area (TPSA) is 89.0 Å². The maximum atomic E-state index is 11.9. The average Bonchev–Trinajstić information content (AvgIpc) is 2.52. The number of nitrogens with zero attached hydrogens (tertiary/aromatic N) is 2. The van der Waals surface area contributed by atoms with Crippen LogP contribution in [0, 0.1) is 0 Å². The van der Waals surface area contributed by atoms with Crippen molar-refractivity contribution >= 4 is 27.3 Å². The third-order valence-electron chi connectivity index (χ3n) is 2.76. The van der Waals surface area contributed by atoms with E-state index in [1.54, 1.807) is 6.92 Å². The van der Waals surface area contributed by atoms with Crippen LogP contribution in [0.3, 0.4) is 0 Å². The van der Waals surface area contributed by atoms with Crippen LogP contribution in [0.15, 0.2) is 12.4 Å². The average molecular weight is 290 g/mol. The zero-order valence-electron chi connectivity index (χ0n) is 9.68. The second kappa shape index (κ2) is 4.47. The Morgan fingerprint density at radius 3 is 2.78 bits per heavy atom. The number of halogens is 1. The molecular weight excluding hydrogens is 278 g/mol. The third kappa shape index (κ3) is 2.97. The molecule has 0 aromatic carbocycles. The van der Waals surface area contributed by atoms with Crippen LogP contribution >= 0.6 is 11.6 Å². The standard InChI is InChI=1S/C10H12ClN3O3S/c1-10(2-3-18(16,17)6-10)14-9(15)7-4-12-5-8(11)13-7/h4-5H,2-3,6H2,1H3,(H,14,15). The molecule has 0 bridgehead atoms.